The van der Waals surface area contributed by atoms with Gasteiger partial charge in [0.2, 0.25) is 17.6 Å². The lowest BCUT2D eigenvalue weighted by Gasteiger charge is -2.34. The van der Waals surface area contributed by atoms with Gasteiger partial charge < -0.3 is 14.6 Å². The van der Waals surface area contributed by atoms with Crippen LogP contribution in [0.25, 0.3) is 22.2 Å². The summed E-state index contributed by atoms with van der Waals surface area (Å²) in [5.74, 6) is -3.09. The van der Waals surface area contributed by atoms with E-state index in [1.165, 1.54) is 18.8 Å². The van der Waals surface area contributed by atoms with Gasteiger partial charge in [0, 0.05) is 81.5 Å². The van der Waals surface area contributed by atoms with E-state index in [1.807, 2.05) is 53.4 Å². The zero-order valence-electron chi connectivity index (χ0n) is 34.3. The molecular formula is C45H47F2N7O7S. The van der Waals surface area contributed by atoms with Gasteiger partial charge in [0.15, 0.2) is 11.9 Å². The van der Waals surface area contributed by atoms with Crippen molar-refractivity contribution in [2.75, 3.05) is 44.5 Å². The Kier molecular flexibility index (Phi) is 12.2. The number of ether oxygens (including phenoxy) is 1. The van der Waals surface area contributed by atoms with Gasteiger partial charge in [0.05, 0.1) is 17.2 Å². The number of anilines is 1. The van der Waals surface area contributed by atoms with E-state index in [1.54, 1.807) is 19.2 Å². The molecule has 0 saturated carbocycles. The zero-order valence-corrected chi connectivity index (χ0v) is 35.1. The minimum atomic E-state index is -4.14. The predicted molar refractivity (Wildman–Crippen MR) is 227 cm³/mol. The van der Waals surface area contributed by atoms with Crippen LogP contribution in [-0.4, -0.2) is 102 Å². The molecule has 2 aromatic heterocycles. The number of piperidine rings is 2. The summed E-state index contributed by atoms with van der Waals surface area (Å²) in [5, 5.41) is 2.66. The number of carbonyl (C=O) groups is 4. The first-order chi connectivity index (χ1) is 29.8. The number of aromatic amines is 1. The van der Waals surface area contributed by atoms with Crippen molar-refractivity contribution in [3.8, 4) is 16.9 Å². The number of carbonyl (C=O) groups excluding carboxylic acids is 4. The standard InChI is InChI=1S/C45H47F2N7O7S/c1-3-52(2)62(59,60)51-37-13-12-36(46)40(41(37)47)42(56)35-24-49-43-34(35)22-32(23-48-43)29-6-4-27(5-7-29)25-53-19-16-31(26-53)45(58)54-20-17-30(18-21-54)28-8-10-33(11-9-28)61-38-14-15-39(55)50-44(38)57/h4-13,22-24,30-31,38,51H,3,14-21,25-26H2,1-2H3,(H,48,49)(H,50,55,57). The highest BCUT2D eigenvalue weighted by atomic mass is 32.2. The molecule has 3 aliphatic heterocycles. The SMILES string of the molecule is CCN(C)S(=O)(=O)Nc1ccc(F)c(C(=O)c2c[nH]c3ncc(-c4ccc(CN5CCC(C(=O)N6CCC(c7ccc(OC8CCC(=O)NC8=O)cc7)CC6)C5)cc4)cc23)c1F. The summed E-state index contributed by atoms with van der Waals surface area (Å²) < 4.78 is 64.6. The number of imide groups is 1. The summed E-state index contributed by atoms with van der Waals surface area (Å²) in [5.41, 5.74) is 2.59. The molecule has 14 nitrogen and oxygen atoms in total. The van der Waals surface area contributed by atoms with E-state index in [0.29, 0.717) is 60.9 Å². The Morgan fingerprint density at radius 3 is 2.40 bits per heavy atom. The molecule has 2 unspecified atom stereocenters. The molecule has 3 aromatic carbocycles. The lowest BCUT2D eigenvalue weighted by molar-refractivity contribution is -0.139. The molecule has 17 heteroatoms. The number of rotatable bonds is 13. The number of pyridine rings is 1. The molecule has 5 heterocycles. The Morgan fingerprint density at radius 1 is 0.952 bits per heavy atom. The monoisotopic (exact) mass is 867 g/mol. The quantitative estimate of drug-likeness (QED) is 0.0983. The molecule has 3 N–H and O–H groups in total. The Labute approximate surface area is 357 Å². The summed E-state index contributed by atoms with van der Waals surface area (Å²) >= 11 is 0. The van der Waals surface area contributed by atoms with Gasteiger partial charge in [-0.05, 0) is 78.7 Å². The fourth-order valence-corrected chi connectivity index (χ4v) is 9.34. The number of likely N-dealkylation sites (tertiary alicyclic amines) is 2. The van der Waals surface area contributed by atoms with E-state index in [-0.39, 0.29) is 36.3 Å². The minimum absolute atomic E-state index is 0.0254. The van der Waals surface area contributed by atoms with Gasteiger partial charge in [0.1, 0.15) is 17.2 Å². The summed E-state index contributed by atoms with van der Waals surface area (Å²) in [4.78, 5) is 62.4. The van der Waals surface area contributed by atoms with Gasteiger partial charge in [-0.2, -0.15) is 12.7 Å². The van der Waals surface area contributed by atoms with Gasteiger partial charge in [0.25, 0.3) is 5.91 Å². The van der Waals surface area contributed by atoms with Crippen LogP contribution in [0.4, 0.5) is 14.5 Å². The van der Waals surface area contributed by atoms with E-state index in [9.17, 15) is 27.6 Å². The van der Waals surface area contributed by atoms with Gasteiger partial charge >= 0.3 is 10.2 Å². The van der Waals surface area contributed by atoms with Crippen molar-refractivity contribution in [2.45, 2.75) is 57.6 Å². The van der Waals surface area contributed by atoms with Crippen LogP contribution in [0.3, 0.4) is 0 Å². The highest BCUT2D eigenvalue weighted by molar-refractivity contribution is 7.90. The number of amides is 3. The van der Waals surface area contributed by atoms with Crippen LogP contribution >= 0.6 is 0 Å². The molecule has 0 spiro atoms. The maximum absolute atomic E-state index is 15.6. The first-order valence-corrected chi connectivity index (χ1v) is 22.2. The Bertz CT molecular complexity index is 2630. The fraction of sp³-hybridized carbons (Fsp3) is 0.356. The number of hydrogen-bond donors (Lipinski definition) is 3. The number of nitrogens with one attached hydrogen (secondary N) is 3. The second kappa shape index (κ2) is 17.7. The number of H-pyrrole nitrogens is 1. The van der Waals surface area contributed by atoms with Crippen molar-refractivity contribution in [1.29, 1.82) is 0 Å². The zero-order chi connectivity index (χ0) is 43.7. The molecule has 0 bridgehead atoms. The molecule has 3 amide bonds. The molecule has 5 aromatic rings. The van der Waals surface area contributed by atoms with Crippen molar-refractivity contribution < 1.29 is 41.1 Å². The molecule has 62 heavy (non-hydrogen) atoms. The van der Waals surface area contributed by atoms with Crippen molar-refractivity contribution in [2.24, 2.45) is 5.92 Å². The Balaban J connectivity index is 0.852. The van der Waals surface area contributed by atoms with Crippen LogP contribution in [0, 0.1) is 17.6 Å². The second-order valence-corrected chi connectivity index (χ2v) is 17.9. The number of benzene rings is 3. The highest BCUT2D eigenvalue weighted by Gasteiger charge is 2.34. The van der Waals surface area contributed by atoms with Crippen molar-refractivity contribution in [3.63, 3.8) is 0 Å². The van der Waals surface area contributed by atoms with Crippen LogP contribution < -0.4 is 14.8 Å². The summed E-state index contributed by atoms with van der Waals surface area (Å²) in [6.07, 6.45) is 5.42. The molecule has 0 radical (unpaired) electrons. The van der Waals surface area contributed by atoms with E-state index in [0.717, 1.165) is 53.4 Å². The van der Waals surface area contributed by atoms with Crippen LogP contribution in [0.15, 0.2) is 79.1 Å². The number of halogens is 2. The number of hydrogen-bond acceptors (Lipinski definition) is 9. The maximum Gasteiger partial charge on any atom is 0.301 e. The fourth-order valence-electron chi connectivity index (χ4n) is 8.41. The topological polar surface area (TPSA) is 174 Å². The predicted octanol–water partition coefficient (Wildman–Crippen LogP) is 5.76. The number of aromatic nitrogens is 2. The number of fused-ring (bicyclic) bond motifs is 1. The van der Waals surface area contributed by atoms with Crippen LogP contribution in [0.5, 0.6) is 5.75 Å². The van der Waals surface area contributed by atoms with Gasteiger partial charge in [-0.1, -0.05) is 43.3 Å². The van der Waals surface area contributed by atoms with Crippen LogP contribution in [-0.2, 0) is 31.1 Å². The highest BCUT2D eigenvalue weighted by Crippen LogP contribution is 2.33. The molecule has 3 saturated heterocycles. The second-order valence-electron chi connectivity index (χ2n) is 16.1. The van der Waals surface area contributed by atoms with E-state index in [2.05, 4.69) is 24.9 Å². The van der Waals surface area contributed by atoms with Crippen LogP contribution in [0.1, 0.15) is 72.0 Å². The Hall–Kier alpha value is -6.04. The molecule has 3 fully saturated rings. The smallest absolute Gasteiger partial charge is 0.301 e. The molecule has 8 rings (SSSR count). The Morgan fingerprint density at radius 2 is 1.69 bits per heavy atom. The summed E-state index contributed by atoms with van der Waals surface area (Å²) in [7, 11) is -2.84. The third kappa shape index (κ3) is 8.96. The van der Waals surface area contributed by atoms with Crippen molar-refractivity contribution >= 4 is 50.4 Å². The molecule has 3 aliphatic rings. The summed E-state index contributed by atoms with van der Waals surface area (Å²) in [6, 6.07) is 19.1. The minimum Gasteiger partial charge on any atom is -0.481 e. The van der Waals surface area contributed by atoms with Gasteiger partial charge in [-0.15, -0.1) is 0 Å². The third-order valence-electron chi connectivity index (χ3n) is 12.1. The number of ketones is 1. The van der Waals surface area contributed by atoms with E-state index in [4.69, 9.17) is 4.74 Å². The maximum atomic E-state index is 15.6. The molecular weight excluding hydrogens is 821 g/mol. The largest absolute Gasteiger partial charge is 0.481 e. The van der Waals surface area contributed by atoms with E-state index < -0.39 is 50.9 Å². The average molecular weight is 868 g/mol. The van der Waals surface area contributed by atoms with Gasteiger partial charge in [-0.25, -0.2) is 13.8 Å². The molecule has 324 valence electrons. The third-order valence-corrected chi connectivity index (χ3v) is 13.7. The van der Waals surface area contributed by atoms with Gasteiger partial charge in [-0.3, -0.25) is 34.1 Å². The number of nitrogens with zero attached hydrogens (tertiary/aromatic N) is 4. The van der Waals surface area contributed by atoms with Crippen molar-refractivity contribution in [3.05, 3.63) is 113 Å². The first-order valence-electron chi connectivity index (χ1n) is 20.7. The lowest BCUT2D eigenvalue weighted by Crippen LogP contribution is -2.46. The normalized spacial score (nSPS) is 19.0. The first kappa shape index (κ1) is 42.6. The molecule has 2 atom stereocenters. The summed E-state index contributed by atoms with van der Waals surface area (Å²) in [6.45, 7) is 5.23. The van der Waals surface area contributed by atoms with Crippen LogP contribution in [0.2, 0.25) is 0 Å². The lowest BCUT2D eigenvalue weighted by atomic mass is 9.89. The van der Waals surface area contributed by atoms with Crippen molar-refractivity contribution in [1.82, 2.24) is 29.4 Å². The average Bonchev–Trinajstić information content (AvgIpc) is 3.93. The molecule has 0 aliphatic carbocycles. The van der Waals surface area contributed by atoms with E-state index >= 15 is 8.78 Å².